The zero-order valence-electron chi connectivity index (χ0n) is 12.1. The van der Waals surface area contributed by atoms with Gasteiger partial charge in [0.15, 0.2) is 0 Å². The second-order valence-corrected chi connectivity index (χ2v) is 5.46. The normalized spacial score (nSPS) is 14.7. The molecular weight excluding hydrogens is 319 g/mol. The molecule has 0 fully saturated rings. The molecule has 2 aromatic carbocycles. The van der Waals surface area contributed by atoms with Crippen molar-refractivity contribution >= 4 is 34.8 Å². The van der Waals surface area contributed by atoms with Crippen LogP contribution in [0.5, 0.6) is 0 Å². The van der Waals surface area contributed by atoms with Gasteiger partial charge in [-0.15, -0.1) is 0 Å². The van der Waals surface area contributed by atoms with Crippen molar-refractivity contribution in [2.45, 2.75) is 6.92 Å². The van der Waals surface area contributed by atoms with E-state index in [2.05, 4.69) is 5.32 Å². The topological polar surface area (TPSA) is 49.4 Å². The molecule has 23 heavy (non-hydrogen) atoms. The third-order valence-corrected chi connectivity index (χ3v) is 3.77. The molecule has 1 aliphatic rings. The Kier molecular flexibility index (Phi) is 3.88. The molecule has 2 aromatic rings. The lowest BCUT2D eigenvalue weighted by atomic mass is 10.2. The monoisotopic (exact) mass is 330 g/mol. The Bertz CT molecular complexity index is 848. The minimum atomic E-state index is -0.638. The SMILES string of the molecule is Cc1cccc(N2C(=O)C(Cl)=C(Nc3ccccc3F)C2=O)c1. The van der Waals surface area contributed by atoms with E-state index in [0.717, 1.165) is 10.5 Å². The predicted molar refractivity (Wildman–Crippen MR) is 86.6 cm³/mol. The van der Waals surface area contributed by atoms with Crippen LogP contribution in [-0.4, -0.2) is 11.8 Å². The van der Waals surface area contributed by atoms with E-state index in [1.807, 2.05) is 13.0 Å². The summed E-state index contributed by atoms with van der Waals surface area (Å²) in [5, 5.41) is 2.35. The molecule has 0 aromatic heterocycles. The Balaban J connectivity index is 1.95. The minimum absolute atomic E-state index is 0.0768. The van der Waals surface area contributed by atoms with Crippen molar-refractivity contribution in [2.75, 3.05) is 10.2 Å². The highest BCUT2D eigenvalue weighted by Crippen LogP contribution is 2.30. The van der Waals surface area contributed by atoms with Crippen molar-refractivity contribution in [1.82, 2.24) is 0 Å². The molecule has 6 heteroatoms. The summed E-state index contributed by atoms with van der Waals surface area (Å²) in [7, 11) is 0. The second-order valence-electron chi connectivity index (χ2n) is 5.08. The highest BCUT2D eigenvalue weighted by Gasteiger charge is 2.39. The standard InChI is InChI=1S/C17H12ClFN2O2/c1-10-5-4-6-11(9-10)21-16(22)14(18)15(17(21)23)20-13-8-3-2-7-12(13)19/h2-9,20H,1H3. The summed E-state index contributed by atoms with van der Waals surface area (Å²) < 4.78 is 13.7. The number of aryl methyl sites for hydroxylation is 1. The van der Waals surface area contributed by atoms with E-state index in [1.165, 1.54) is 18.2 Å². The molecule has 0 aliphatic carbocycles. The third kappa shape index (κ3) is 2.71. The first-order chi connectivity index (χ1) is 11.0. The number of carbonyl (C=O) groups is 2. The van der Waals surface area contributed by atoms with Crippen LogP contribution in [0.25, 0.3) is 0 Å². The molecule has 0 radical (unpaired) electrons. The summed E-state index contributed by atoms with van der Waals surface area (Å²) in [4.78, 5) is 25.8. The van der Waals surface area contributed by atoms with Gasteiger partial charge >= 0.3 is 0 Å². The summed E-state index contributed by atoms with van der Waals surface area (Å²) in [5.74, 6) is -1.80. The van der Waals surface area contributed by atoms with E-state index in [-0.39, 0.29) is 16.4 Å². The molecule has 0 atom stereocenters. The molecule has 0 saturated carbocycles. The van der Waals surface area contributed by atoms with E-state index >= 15 is 0 Å². The zero-order valence-corrected chi connectivity index (χ0v) is 12.9. The number of carbonyl (C=O) groups excluding carboxylic acids is 2. The summed E-state index contributed by atoms with van der Waals surface area (Å²) in [6.07, 6.45) is 0. The van der Waals surface area contributed by atoms with E-state index in [4.69, 9.17) is 11.6 Å². The van der Waals surface area contributed by atoms with Crippen LogP contribution >= 0.6 is 11.6 Å². The van der Waals surface area contributed by atoms with Crippen LogP contribution < -0.4 is 10.2 Å². The van der Waals surface area contributed by atoms with Gasteiger partial charge in [-0.1, -0.05) is 35.9 Å². The summed E-state index contributed by atoms with van der Waals surface area (Å²) in [6.45, 7) is 1.85. The summed E-state index contributed by atoms with van der Waals surface area (Å²) in [5.41, 5.74) is 1.26. The van der Waals surface area contributed by atoms with Crippen molar-refractivity contribution in [3.8, 4) is 0 Å². The summed E-state index contributed by atoms with van der Waals surface area (Å²) in [6, 6.07) is 12.8. The number of benzene rings is 2. The van der Waals surface area contributed by atoms with Gasteiger partial charge in [-0.25, -0.2) is 9.29 Å². The van der Waals surface area contributed by atoms with Gasteiger partial charge in [0.1, 0.15) is 16.5 Å². The molecule has 1 heterocycles. The Morgan fingerprint density at radius 1 is 1.04 bits per heavy atom. The van der Waals surface area contributed by atoms with Crippen LogP contribution in [0, 0.1) is 12.7 Å². The van der Waals surface area contributed by atoms with Crippen molar-refractivity contribution in [2.24, 2.45) is 0 Å². The first-order valence-electron chi connectivity index (χ1n) is 6.86. The number of halogens is 2. The van der Waals surface area contributed by atoms with Crippen LogP contribution in [-0.2, 0) is 9.59 Å². The average molecular weight is 331 g/mol. The molecule has 0 saturated heterocycles. The number of para-hydroxylation sites is 1. The fourth-order valence-corrected chi connectivity index (χ4v) is 2.52. The van der Waals surface area contributed by atoms with Gasteiger partial charge in [-0.2, -0.15) is 0 Å². The number of anilines is 2. The molecule has 116 valence electrons. The summed E-state index contributed by atoms with van der Waals surface area (Å²) >= 11 is 5.99. The number of imide groups is 1. The number of nitrogens with zero attached hydrogens (tertiary/aromatic N) is 1. The Morgan fingerprint density at radius 2 is 1.78 bits per heavy atom. The smallest absolute Gasteiger partial charge is 0.283 e. The van der Waals surface area contributed by atoms with E-state index in [0.29, 0.717) is 5.69 Å². The third-order valence-electron chi connectivity index (χ3n) is 3.42. The van der Waals surface area contributed by atoms with Crippen LogP contribution in [0.1, 0.15) is 5.56 Å². The van der Waals surface area contributed by atoms with Gasteiger partial charge in [0, 0.05) is 0 Å². The Hall–Kier alpha value is -2.66. The second kappa shape index (κ2) is 5.85. The number of rotatable bonds is 3. The highest BCUT2D eigenvalue weighted by molar-refractivity contribution is 6.53. The first-order valence-corrected chi connectivity index (χ1v) is 7.23. The molecule has 2 amide bonds. The fourth-order valence-electron chi connectivity index (χ4n) is 2.31. The van der Waals surface area contributed by atoms with Crippen LogP contribution in [0.3, 0.4) is 0 Å². The molecule has 0 unspecified atom stereocenters. The molecule has 3 rings (SSSR count). The maximum Gasteiger partial charge on any atom is 0.283 e. The van der Waals surface area contributed by atoms with Crippen LogP contribution in [0.15, 0.2) is 59.3 Å². The van der Waals surface area contributed by atoms with Gasteiger partial charge in [-0.05, 0) is 36.8 Å². The predicted octanol–water partition coefficient (Wildman–Crippen LogP) is 3.57. The van der Waals surface area contributed by atoms with Gasteiger partial charge in [0.2, 0.25) is 0 Å². The molecule has 0 spiro atoms. The van der Waals surface area contributed by atoms with E-state index in [9.17, 15) is 14.0 Å². The Labute approximate surface area is 137 Å². The fraction of sp³-hybridized carbons (Fsp3) is 0.0588. The average Bonchev–Trinajstić information content (AvgIpc) is 2.73. The number of hydrogen-bond donors (Lipinski definition) is 1. The molecule has 0 bridgehead atoms. The quantitative estimate of drug-likeness (QED) is 0.875. The van der Waals surface area contributed by atoms with Gasteiger partial charge in [0.25, 0.3) is 11.8 Å². The maximum absolute atomic E-state index is 13.7. The highest BCUT2D eigenvalue weighted by atomic mass is 35.5. The molecule has 1 aliphatic heterocycles. The number of hydrogen-bond acceptors (Lipinski definition) is 3. The van der Waals surface area contributed by atoms with Gasteiger partial charge < -0.3 is 5.32 Å². The lowest BCUT2D eigenvalue weighted by molar-refractivity contribution is -0.120. The van der Waals surface area contributed by atoms with Crippen molar-refractivity contribution in [1.29, 1.82) is 0 Å². The molecule has 4 nitrogen and oxygen atoms in total. The van der Waals surface area contributed by atoms with Gasteiger partial charge in [0.05, 0.1) is 11.4 Å². The Morgan fingerprint density at radius 3 is 2.48 bits per heavy atom. The van der Waals surface area contributed by atoms with Crippen molar-refractivity contribution < 1.29 is 14.0 Å². The number of amides is 2. The zero-order chi connectivity index (χ0) is 16.6. The van der Waals surface area contributed by atoms with Gasteiger partial charge in [-0.3, -0.25) is 9.59 Å². The lowest BCUT2D eigenvalue weighted by Crippen LogP contribution is -2.32. The lowest BCUT2D eigenvalue weighted by Gasteiger charge is -2.15. The van der Waals surface area contributed by atoms with Crippen molar-refractivity contribution in [3.63, 3.8) is 0 Å². The maximum atomic E-state index is 13.7. The van der Waals surface area contributed by atoms with E-state index in [1.54, 1.807) is 24.3 Å². The van der Waals surface area contributed by atoms with Crippen LogP contribution in [0.4, 0.5) is 15.8 Å². The first kappa shape index (κ1) is 15.2. The molecular formula is C17H12ClFN2O2. The minimum Gasteiger partial charge on any atom is -0.347 e. The number of nitrogens with one attached hydrogen (secondary N) is 1. The van der Waals surface area contributed by atoms with Crippen LogP contribution in [0.2, 0.25) is 0 Å². The van der Waals surface area contributed by atoms with E-state index < -0.39 is 17.6 Å². The van der Waals surface area contributed by atoms with Crippen molar-refractivity contribution in [3.05, 3.63) is 70.6 Å². The largest absolute Gasteiger partial charge is 0.347 e. The molecule has 1 N–H and O–H groups in total.